The van der Waals surface area contributed by atoms with Gasteiger partial charge in [0.15, 0.2) is 0 Å². The molecule has 0 atom stereocenters. The highest BCUT2D eigenvalue weighted by Crippen LogP contribution is 2.35. The predicted octanol–water partition coefficient (Wildman–Crippen LogP) is 2.75. The van der Waals surface area contributed by atoms with E-state index in [4.69, 9.17) is 4.74 Å². The molecule has 5 heteroatoms. The zero-order valence-electron chi connectivity index (χ0n) is 10.8. The molecule has 1 aliphatic rings. The van der Waals surface area contributed by atoms with Crippen LogP contribution in [0.15, 0.2) is 24.5 Å². The molecular formula is C14H16FN3O. The molecule has 1 aromatic carbocycles. The standard InChI is InChI=1S/C14H16FN3O/c1-19-14(5-2-6-14)8-16-13-11-7-10(15)3-4-12(11)17-9-18-13/h3-4,7,9H,2,5-6,8H2,1H3,(H,16,17,18). The number of methoxy groups -OCH3 is 1. The van der Waals surface area contributed by atoms with Crippen LogP contribution in [0.25, 0.3) is 10.9 Å². The van der Waals surface area contributed by atoms with Crippen LogP contribution in [0.4, 0.5) is 10.2 Å². The van der Waals surface area contributed by atoms with Crippen molar-refractivity contribution in [3.05, 3.63) is 30.3 Å². The lowest BCUT2D eigenvalue weighted by Crippen LogP contribution is -2.45. The topological polar surface area (TPSA) is 47.0 Å². The zero-order chi connectivity index (χ0) is 13.3. The fourth-order valence-corrected chi connectivity index (χ4v) is 2.44. The van der Waals surface area contributed by atoms with E-state index in [1.807, 2.05) is 0 Å². The van der Waals surface area contributed by atoms with E-state index in [0.29, 0.717) is 17.7 Å². The van der Waals surface area contributed by atoms with Gasteiger partial charge in [0.1, 0.15) is 18.0 Å². The van der Waals surface area contributed by atoms with Crippen LogP contribution in [0, 0.1) is 5.82 Å². The Balaban J connectivity index is 1.86. The second kappa shape index (κ2) is 4.74. The number of hydrogen-bond donors (Lipinski definition) is 1. The molecule has 100 valence electrons. The van der Waals surface area contributed by atoms with Crippen molar-refractivity contribution in [2.75, 3.05) is 19.0 Å². The molecular weight excluding hydrogens is 245 g/mol. The molecule has 0 aliphatic heterocycles. The fourth-order valence-electron chi connectivity index (χ4n) is 2.44. The van der Waals surface area contributed by atoms with Gasteiger partial charge in [-0.2, -0.15) is 0 Å². The highest BCUT2D eigenvalue weighted by molar-refractivity contribution is 5.88. The maximum absolute atomic E-state index is 13.3. The van der Waals surface area contributed by atoms with Crippen molar-refractivity contribution < 1.29 is 9.13 Å². The van der Waals surface area contributed by atoms with Crippen LogP contribution in [-0.2, 0) is 4.74 Å². The van der Waals surface area contributed by atoms with E-state index in [1.165, 1.54) is 24.9 Å². The second-order valence-electron chi connectivity index (χ2n) is 4.98. The minimum atomic E-state index is -0.282. The van der Waals surface area contributed by atoms with Gasteiger partial charge < -0.3 is 10.1 Å². The maximum Gasteiger partial charge on any atom is 0.137 e. The number of nitrogens with one attached hydrogen (secondary N) is 1. The van der Waals surface area contributed by atoms with Crippen LogP contribution < -0.4 is 5.32 Å². The first kappa shape index (κ1) is 12.3. The summed E-state index contributed by atoms with van der Waals surface area (Å²) in [7, 11) is 1.73. The Hall–Kier alpha value is -1.75. The minimum absolute atomic E-state index is 0.0927. The van der Waals surface area contributed by atoms with Crippen molar-refractivity contribution in [1.82, 2.24) is 9.97 Å². The van der Waals surface area contributed by atoms with Gasteiger partial charge in [0.25, 0.3) is 0 Å². The van der Waals surface area contributed by atoms with E-state index in [2.05, 4.69) is 15.3 Å². The Labute approximate surface area is 111 Å². The second-order valence-corrected chi connectivity index (χ2v) is 4.98. The number of anilines is 1. The molecule has 2 aromatic rings. The van der Waals surface area contributed by atoms with Gasteiger partial charge in [-0.3, -0.25) is 0 Å². The molecule has 0 amide bonds. The van der Waals surface area contributed by atoms with Crippen molar-refractivity contribution in [2.24, 2.45) is 0 Å². The summed E-state index contributed by atoms with van der Waals surface area (Å²) < 4.78 is 18.9. The SMILES string of the molecule is COC1(CNc2ncnc3ccc(F)cc23)CCC1. The van der Waals surface area contributed by atoms with Crippen LogP contribution in [0.1, 0.15) is 19.3 Å². The van der Waals surface area contributed by atoms with Crippen molar-refractivity contribution in [1.29, 1.82) is 0 Å². The van der Waals surface area contributed by atoms with Crippen molar-refractivity contribution in [3.8, 4) is 0 Å². The average Bonchev–Trinajstić information content (AvgIpc) is 2.38. The van der Waals surface area contributed by atoms with Crippen LogP contribution in [0.3, 0.4) is 0 Å². The van der Waals surface area contributed by atoms with Crippen molar-refractivity contribution in [3.63, 3.8) is 0 Å². The molecule has 1 saturated carbocycles. The normalized spacial score (nSPS) is 17.2. The highest BCUT2D eigenvalue weighted by atomic mass is 19.1. The molecule has 0 bridgehead atoms. The van der Waals surface area contributed by atoms with E-state index in [-0.39, 0.29) is 11.4 Å². The first-order valence-corrected chi connectivity index (χ1v) is 6.42. The third-order valence-corrected chi connectivity index (χ3v) is 3.87. The molecule has 1 fully saturated rings. The van der Waals surface area contributed by atoms with Gasteiger partial charge in [-0.1, -0.05) is 0 Å². The Kier molecular flexibility index (Phi) is 3.06. The lowest BCUT2D eigenvalue weighted by Gasteiger charge is -2.40. The molecule has 0 saturated heterocycles. The summed E-state index contributed by atoms with van der Waals surface area (Å²) in [5.74, 6) is 0.378. The number of benzene rings is 1. The highest BCUT2D eigenvalue weighted by Gasteiger charge is 2.36. The van der Waals surface area contributed by atoms with Gasteiger partial charge in [0.05, 0.1) is 11.1 Å². The fraction of sp³-hybridized carbons (Fsp3) is 0.429. The Morgan fingerprint density at radius 2 is 2.21 bits per heavy atom. The monoisotopic (exact) mass is 261 g/mol. The number of nitrogens with zero attached hydrogens (tertiary/aromatic N) is 2. The Bertz CT molecular complexity index is 593. The molecule has 1 N–H and O–H groups in total. The summed E-state index contributed by atoms with van der Waals surface area (Å²) >= 11 is 0. The van der Waals surface area contributed by atoms with E-state index < -0.39 is 0 Å². The molecule has 0 unspecified atom stereocenters. The Morgan fingerprint density at radius 1 is 1.37 bits per heavy atom. The van der Waals surface area contributed by atoms with Crippen LogP contribution >= 0.6 is 0 Å². The number of rotatable bonds is 4. The van der Waals surface area contributed by atoms with Crippen LogP contribution in [0.5, 0.6) is 0 Å². The van der Waals surface area contributed by atoms with Crippen LogP contribution in [0.2, 0.25) is 0 Å². The zero-order valence-corrected chi connectivity index (χ0v) is 10.8. The summed E-state index contributed by atoms with van der Waals surface area (Å²) in [6.07, 6.45) is 4.78. The average molecular weight is 261 g/mol. The molecule has 0 radical (unpaired) electrons. The van der Waals surface area contributed by atoms with Crippen molar-refractivity contribution >= 4 is 16.7 Å². The quantitative estimate of drug-likeness (QED) is 0.919. The summed E-state index contributed by atoms with van der Waals surface area (Å²) in [6.45, 7) is 0.687. The van der Waals surface area contributed by atoms with E-state index in [1.54, 1.807) is 13.2 Å². The molecule has 1 heterocycles. The molecule has 19 heavy (non-hydrogen) atoms. The van der Waals surface area contributed by atoms with E-state index >= 15 is 0 Å². The summed E-state index contributed by atoms with van der Waals surface area (Å²) in [5.41, 5.74) is 0.643. The molecule has 0 spiro atoms. The largest absolute Gasteiger partial charge is 0.376 e. The van der Waals surface area contributed by atoms with Gasteiger partial charge in [-0.25, -0.2) is 14.4 Å². The summed E-state index contributed by atoms with van der Waals surface area (Å²) in [6, 6.07) is 4.52. The van der Waals surface area contributed by atoms with E-state index in [0.717, 1.165) is 18.4 Å². The van der Waals surface area contributed by atoms with Gasteiger partial charge in [-0.05, 0) is 37.5 Å². The number of hydrogen-bond acceptors (Lipinski definition) is 4. The third kappa shape index (κ3) is 2.26. The number of ether oxygens (including phenoxy) is 1. The molecule has 1 aromatic heterocycles. The first-order chi connectivity index (χ1) is 9.22. The number of aromatic nitrogens is 2. The minimum Gasteiger partial charge on any atom is -0.376 e. The molecule has 3 rings (SSSR count). The number of fused-ring (bicyclic) bond motifs is 1. The lowest BCUT2D eigenvalue weighted by molar-refractivity contribution is -0.0601. The third-order valence-electron chi connectivity index (χ3n) is 3.87. The Morgan fingerprint density at radius 3 is 2.89 bits per heavy atom. The van der Waals surface area contributed by atoms with Gasteiger partial charge in [0.2, 0.25) is 0 Å². The first-order valence-electron chi connectivity index (χ1n) is 6.42. The summed E-state index contributed by atoms with van der Waals surface area (Å²) in [5, 5.41) is 3.97. The van der Waals surface area contributed by atoms with Gasteiger partial charge >= 0.3 is 0 Å². The van der Waals surface area contributed by atoms with Gasteiger partial charge in [-0.15, -0.1) is 0 Å². The maximum atomic E-state index is 13.3. The van der Waals surface area contributed by atoms with Gasteiger partial charge in [0, 0.05) is 19.0 Å². The molecule has 1 aliphatic carbocycles. The smallest absolute Gasteiger partial charge is 0.137 e. The molecule has 4 nitrogen and oxygen atoms in total. The van der Waals surface area contributed by atoms with Crippen LogP contribution in [-0.4, -0.2) is 29.2 Å². The van der Waals surface area contributed by atoms with Crippen molar-refractivity contribution in [2.45, 2.75) is 24.9 Å². The number of halogens is 1. The summed E-state index contributed by atoms with van der Waals surface area (Å²) in [4.78, 5) is 8.33. The van der Waals surface area contributed by atoms with E-state index in [9.17, 15) is 4.39 Å². The lowest BCUT2D eigenvalue weighted by atomic mass is 9.80. The predicted molar refractivity (Wildman–Crippen MR) is 71.6 cm³/mol.